The number of tetrazole rings is 1. The number of aryl methyl sites for hydroxylation is 1. The quantitative estimate of drug-likeness (QED) is 0.0903. The second-order valence-electron chi connectivity index (χ2n) is 12.6. The number of nitrogens with zero attached hydrogens (tertiary/aromatic N) is 5. The largest absolute Gasteiger partial charge is 0.461 e. The van der Waals surface area contributed by atoms with Gasteiger partial charge in [-0.1, -0.05) is 153 Å². The molecule has 0 N–H and O–H groups in total. The molecule has 0 aliphatic carbocycles. The minimum Gasteiger partial charge on any atom is -0.461 e. The van der Waals surface area contributed by atoms with E-state index in [4.69, 9.17) is 15.0 Å². The highest BCUT2D eigenvalue weighted by molar-refractivity contribution is 5.88. The van der Waals surface area contributed by atoms with Gasteiger partial charge < -0.3 is 9.30 Å². The molecule has 0 spiro atoms. The molecule has 0 aliphatic rings. The van der Waals surface area contributed by atoms with Crippen molar-refractivity contribution < 1.29 is 9.53 Å². The normalized spacial score (nSPS) is 11.4. The Balaban J connectivity index is 1.32. The number of esters is 1. The Kier molecular flexibility index (Phi) is 9.97. The molecule has 0 radical (unpaired) electrons. The van der Waals surface area contributed by atoms with E-state index in [0.29, 0.717) is 24.7 Å². The Hall–Kier alpha value is -6.08. The molecule has 0 saturated carbocycles. The highest BCUT2D eigenvalue weighted by Gasteiger charge is 2.42. The summed E-state index contributed by atoms with van der Waals surface area (Å²) in [6.45, 7) is 4.94. The van der Waals surface area contributed by atoms with E-state index in [1.807, 2.05) is 48.0 Å². The van der Waals surface area contributed by atoms with Gasteiger partial charge in [-0.3, -0.25) is 0 Å². The van der Waals surface area contributed by atoms with Crippen LogP contribution in [-0.4, -0.2) is 37.4 Å². The smallest absolute Gasteiger partial charge is 0.354 e. The van der Waals surface area contributed by atoms with E-state index in [0.717, 1.165) is 63.9 Å². The molecule has 254 valence electrons. The van der Waals surface area contributed by atoms with Crippen LogP contribution in [-0.2, 0) is 23.2 Å². The van der Waals surface area contributed by atoms with Crippen molar-refractivity contribution >= 4 is 5.97 Å². The molecule has 51 heavy (non-hydrogen) atoms. The molecular formula is C44H41N5O2. The second-order valence-corrected chi connectivity index (χ2v) is 12.6. The zero-order chi connectivity index (χ0) is 35.0. The number of hydrogen-bond acceptors (Lipinski definition) is 5. The highest BCUT2D eigenvalue weighted by atomic mass is 16.5. The van der Waals surface area contributed by atoms with Crippen molar-refractivity contribution in [2.45, 2.75) is 45.2 Å². The summed E-state index contributed by atoms with van der Waals surface area (Å²) < 4.78 is 9.46. The van der Waals surface area contributed by atoms with Crippen LogP contribution in [0.1, 0.15) is 65.1 Å². The predicted molar refractivity (Wildman–Crippen MR) is 201 cm³/mol. The van der Waals surface area contributed by atoms with Crippen molar-refractivity contribution in [1.82, 2.24) is 24.8 Å². The fraction of sp³-hybridized carbons (Fsp3) is 0.182. The molecule has 2 aromatic heterocycles. The van der Waals surface area contributed by atoms with Gasteiger partial charge in [0.15, 0.2) is 5.82 Å². The first-order valence-corrected chi connectivity index (χ1v) is 17.6. The van der Waals surface area contributed by atoms with Gasteiger partial charge in [0.05, 0.1) is 6.61 Å². The topological polar surface area (TPSA) is 74.8 Å². The first kappa shape index (κ1) is 33.4. The van der Waals surface area contributed by atoms with Crippen molar-refractivity contribution in [3.05, 3.63) is 185 Å². The van der Waals surface area contributed by atoms with Crippen molar-refractivity contribution in [2.24, 2.45) is 0 Å². The standard InChI is InChI=1S/C44H41N5O2/c1-3-5-23-38-30-31-41(43(50)51-4-2)48(38)32-33-26-28-34(29-27-33)39-24-15-16-25-40(39)42-45-46-47-49(42)44(35-17-9-6-10-18-35,36-19-11-7-12-20-36)37-21-13-8-14-22-37/h6-22,24-31H,3-5,23,32H2,1-2H3. The maximum atomic E-state index is 12.8. The average molecular weight is 672 g/mol. The van der Waals surface area contributed by atoms with Crippen LogP contribution in [0.5, 0.6) is 0 Å². The third-order valence-corrected chi connectivity index (χ3v) is 9.48. The summed E-state index contributed by atoms with van der Waals surface area (Å²) >= 11 is 0. The van der Waals surface area contributed by atoms with Crippen LogP contribution in [0.4, 0.5) is 0 Å². The molecule has 0 amide bonds. The SMILES string of the molecule is CCCCc1ccc(C(=O)OCC)n1Cc1ccc(-c2ccccc2-c2nnnn2C(c2ccccc2)(c2ccccc2)c2ccccc2)cc1. The first-order valence-electron chi connectivity index (χ1n) is 17.6. The molecule has 0 bridgehead atoms. The molecule has 2 heterocycles. The van der Waals surface area contributed by atoms with Crippen LogP contribution >= 0.6 is 0 Å². The Morgan fingerprint density at radius 3 is 1.80 bits per heavy atom. The zero-order valence-electron chi connectivity index (χ0n) is 29.0. The van der Waals surface area contributed by atoms with Crippen molar-refractivity contribution in [3.63, 3.8) is 0 Å². The molecule has 0 aliphatic heterocycles. The number of carbonyl (C=O) groups excluding carboxylic acids is 1. The van der Waals surface area contributed by atoms with Crippen molar-refractivity contribution in [1.29, 1.82) is 0 Å². The van der Waals surface area contributed by atoms with E-state index in [1.54, 1.807) is 0 Å². The van der Waals surface area contributed by atoms with Crippen molar-refractivity contribution in [3.8, 4) is 22.5 Å². The molecule has 0 saturated heterocycles. The van der Waals surface area contributed by atoms with E-state index in [1.165, 1.54) is 0 Å². The predicted octanol–water partition coefficient (Wildman–Crippen LogP) is 9.22. The fourth-order valence-corrected chi connectivity index (χ4v) is 7.04. The third kappa shape index (κ3) is 6.51. The third-order valence-electron chi connectivity index (χ3n) is 9.48. The van der Waals surface area contributed by atoms with Crippen LogP contribution in [0, 0.1) is 0 Å². The molecule has 5 aromatic carbocycles. The Morgan fingerprint density at radius 1 is 0.667 bits per heavy atom. The minimum absolute atomic E-state index is 0.291. The number of ether oxygens (including phenoxy) is 1. The molecule has 0 atom stereocenters. The summed E-state index contributed by atoms with van der Waals surface area (Å²) in [4.78, 5) is 12.8. The van der Waals surface area contributed by atoms with E-state index < -0.39 is 5.54 Å². The lowest BCUT2D eigenvalue weighted by Gasteiger charge is -2.36. The Bertz CT molecular complexity index is 2090. The molecule has 7 nitrogen and oxygen atoms in total. The van der Waals surface area contributed by atoms with Gasteiger partial charge in [-0.05, 0) is 75.7 Å². The Labute approximate surface area is 299 Å². The van der Waals surface area contributed by atoms with Gasteiger partial charge in [0.1, 0.15) is 11.2 Å². The van der Waals surface area contributed by atoms with E-state index >= 15 is 0 Å². The van der Waals surface area contributed by atoms with Gasteiger partial charge in [-0.15, -0.1) is 5.10 Å². The summed E-state index contributed by atoms with van der Waals surface area (Å²) in [5.41, 5.74) is 8.06. The number of carbonyl (C=O) groups is 1. The van der Waals surface area contributed by atoms with Crippen LogP contribution < -0.4 is 0 Å². The fourth-order valence-electron chi connectivity index (χ4n) is 7.04. The maximum Gasteiger partial charge on any atom is 0.354 e. The van der Waals surface area contributed by atoms with Crippen LogP contribution in [0.2, 0.25) is 0 Å². The first-order chi connectivity index (χ1) is 25.1. The van der Waals surface area contributed by atoms with E-state index in [-0.39, 0.29) is 5.97 Å². The number of aromatic nitrogens is 5. The van der Waals surface area contributed by atoms with E-state index in [9.17, 15) is 4.79 Å². The highest BCUT2D eigenvalue weighted by Crippen LogP contribution is 2.43. The lowest BCUT2D eigenvalue weighted by Crippen LogP contribution is -2.39. The van der Waals surface area contributed by atoms with Gasteiger partial charge in [0, 0.05) is 17.8 Å². The summed E-state index contributed by atoms with van der Waals surface area (Å²) in [6.07, 6.45) is 3.05. The van der Waals surface area contributed by atoms with Gasteiger partial charge in [-0.25, -0.2) is 9.48 Å². The number of hydrogen-bond donors (Lipinski definition) is 0. The number of rotatable bonds is 13. The molecule has 7 heteroatoms. The van der Waals surface area contributed by atoms with E-state index in [2.05, 4.69) is 132 Å². The zero-order valence-corrected chi connectivity index (χ0v) is 29.0. The van der Waals surface area contributed by atoms with Crippen LogP contribution in [0.25, 0.3) is 22.5 Å². The summed E-state index contributed by atoms with van der Waals surface area (Å²) in [7, 11) is 0. The van der Waals surface area contributed by atoms with Crippen LogP contribution in [0.15, 0.2) is 152 Å². The molecule has 0 unspecified atom stereocenters. The Morgan fingerprint density at radius 2 is 1.24 bits per heavy atom. The molecular weight excluding hydrogens is 631 g/mol. The second kappa shape index (κ2) is 15.2. The van der Waals surface area contributed by atoms with Crippen LogP contribution in [0.3, 0.4) is 0 Å². The molecule has 7 aromatic rings. The van der Waals surface area contributed by atoms with Crippen molar-refractivity contribution in [2.75, 3.05) is 6.61 Å². The summed E-state index contributed by atoms with van der Waals surface area (Å²) in [5, 5.41) is 13.8. The molecule has 7 rings (SSSR count). The van der Waals surface area contributed by atoms with Gasteiger partial charge in [-0.2, -0.15) is 0 Å². The maximum absolute atomic E-state index is 12.8. The minimum atomic E-state index is -0.859. The summed E-state index contributed by atoms with van der Waals surface area (Å²) in [5.74, 6) is 0.360. The van der Waals surface area contributed by atoms with Gasteiger partial charge in [0.2, 0.25) is 0 Å². The lowest BCUT2D eigenvalue weighted by atomic mass is 9.77. The lowest BCUT2D eigenvalue weighted by molar-refractivity contribution is 0.0514. The van der Waals surface area contributed by atoms with Gasteiger partial charge >= 0.3 is 5.97 Å². The monoisotopic (exact) mass is 671 g/mol. The summed E-state index contributed by atoms with van der Waals surface area (Å²) in [6, 6.07) is 52.1. The van der Waals surface area contributed by atoms with Gasteiger partial charge in [0.25, 0.3) is 0 Å². The molecule has 0 fully saturated rings. The number of benzene rings is 5. The average Bonchev–Trinajstić information content (AvgIpc) is 3.84. The number of unbranched alkanes of at least 4 members (excludes halogenated alkanes) is 1.